The summed E-state index contributed by atoms with van der Waals surface area (Å²) >= 11 is 0. The van der Waals surface area contributed by atoms with Crippen molar-refractivity contribution in [1.82, 2.24) is 5.32 Å². The molecule has 3 unspecified atom stereocenters. The number of hydrogen-bond donors (Lipinski definition) is 1. The van der Waals surface area contributed by atoms with Crippen LogP contribution in [0.25, 0.3) is 0 Å². The van der Waals surface area contributed by atoms with E-state index in [4.69, 9.17) is 0 Å². The van der Waals surface area contributed by atoms with Crippen LogP contribution in [0.2, 0.25) is 0 Å². The molecule has 1 fully saturated rings. The van der Waals surface area contributed by atoms with E-state index in [-0.39, 0.29) is 0 Å². The second-order valence-corrected chi connectivity index (χ2v) is 7.95. The molecule has 0 saturated heterocycles. The summed E-state index contributed by atoms with van der Waals surface area (Å²) in [5, 5.41) is 4.04. The van der Waals surface area contributed by atoms with Gasteiger partial charge in [-0.25, -0.2) is 0 Å². The van der Waals surface area contributed by atoms with Crippen LogP contribution in [0.1, 0.15) is 82.9 Å². The molecule has 116 valence electrons. The van der Waals surface area contributed by atoms with Gasteiger partial charge in [0.2, 0.25) is 0 Å². The molecule has 1 nitrogen and oxygen atoms in total. The maximum atomic E-state index is 4.04. The molecular weight excluding hydrogens is 254 g/mol. The molecule has 2 aliphatic rings. The Kier molecular flexibility index (Phi) is 4.40. The monoisotopic (exact) mass is 285 g/mol. The van der Waals surface area contributed by atoms with Gasteiger partial charge in [-0.3, -0.25) is 0 Å². The standard InChI is InChI=1S/C20H31N/c1-15-9-5-4-6-12-18(15)21-19-13-14-20(2,3)17-11-8-7-10-16(17)19/h7-8,10-11,15,18-19,21H,4-6,9,12-14H2,1-3H3. The second kappa shape index (κ2) is 6.12. The molecule has 0 aliphatic heterocycles. The molecule has 3 atom stereocenters. The zero-order chi connectivity index (χ0) is 14.9. The zero-order valence-corrected chi connectivity index (χ0v) is 14.0. The lowest BCUT2D eigenvalue weighted by Gasteiger charge is -2.39. The molecule has 21 heavy (non-hydrogen) atoms. The van der Waals surface area contributed by atoms with E-state index in [9.17, 15) is 0 Å². The molecule has 3 rings (SSSR count). The Balaban J connectivity index is 1.80. The van der Waals surface area contributed by atoms with Crippen molar-refractivity contribution in [3.63, 3.8) is 0 Å². The fourth-order valence-electron chi connectivity index (χ4n) is 4.38. The minimum atomic E-state index is 0.337. The van der Waals surface area contributed by atoms with Gasteiger partial charge in [-0.05, 0) is 48.1 Å². The Labute approximate surface area is 130 Å². The summed E-state index contributed by atoms with van der Waals surface area (Å²) in [6, 6.07) is 10.4. The summed E-state index contributed by atoms with van der Waals surface area (Å²) in [4.78, 5) is 0. The third-order valence-corrected chi connectivity index (χ3v) is 5.90. The van der Waals surface area contributed by atoms with Gasteiger partial charge in [0.1, 0.15) is 0 Å². The fourth-order valence-corrected chi connectivity index (χ4v) is 4.38. The summed E-state index contributed by atoms with van der Waals surface area (Å²) in [5.74, 6) is 0.828. The van der Waals surface area contributed by atoms with E-state index in [0.29, 0.717) is 17.5 Å². The molecule has 0 amide bonds. The van der Waals surface area contributed by atoms with E-state index in [2.05, 4.69) is 50.4 Å². The van der Waals surface area contributed by atoms with Crippen LogP contribution in [-0.2, 0) is 5.41 Å². The van der Waals surface area contributed by atoms with Crippen LogP contribution < -0.4 is 5.32 Å². The number of benzene rings is 1. The first-order chi connectivity index (χ1) is 10.1. The first-order valence-corrected chi connectivity index (χ1v) is 8.93. The third kappa shape index (κ3) is 3.18. The maximum Gasteiger partial charge on any atom is 0.0326 e. The number of fused-ring (bicyclic) bond motifs is 1. The summed E-state index contributed by atoms with van der Waals surface area (Å²) in [5.41, 5.74) is 3.46. The quantitative estimate of drug-likeness (QED) is 0.721. The van der Waals surface area contributed by atoms with E-state index >= 15 is 0 Å². The highest BCUT2D eigenvalue weighted by Crippen LogP contribution is 2.42. The summed E-state index contributed by atoms with van der Waals surface area (Å²) in [6.45, 7) is 7.24. The van der Waals surface area contributed by atoms with E-state index in [1.54, 1.807) is 11.1 Å². The van der Waals surface area contributed by atoms with Gasteiger partial charge in [0.25, 0.3) is 0 Å². The largest absolute Gasteiger partial charge is 0.307 e. The normalized spacial score (nSPS) is 32.2. The predicted molar refractivity (Wildman–Crippen MR) is 90.6 cm³/mol. The average Bonchev–Trinajstić information content (AvgIpc) is 2.67. The van der Waals surface area contributed by atoms with Gasteiger partial charge in [0.05, 0.1) is 0 Å². The van der Waals surface area contributed by atoms with Crippen molar-refractivity contribution in [1.29, 1.82) is 0 Å². The Bertz CT molecular complexity index is 476. The summed E-state index contributed by atoms with van der Waals surface area (Å²) in [6.07, 6.45) is 9.60. The van der Waals surface area contributed by atoms with E-state index in [1.807, 2.05) is 0 Å². The van der Waals surface area contributed by atoms with E-state index in [0.717, 1.165) is 5.92 Å². The molecule has 0 aromatic heterocycles. The maximum absolute atomic E-state index is 4.04. The molecule has 0 spiro atoms. The summed E-state index contributed by atoms with van der Waals surface area (Å²) in [7, 11) is 0. The van der Waals surface area contributed by atoms with Gasteiger partial charge in [0, 0.05) is 12.1 Å². The topological polar surface area (TPSA) is 12.0 Å². The molecule has 1 heteroatoms. The molecule has 2 aliphatic carbocycles. The lowest BCUT2D eigenvalue weighted by molar-refractivity contribution is 0.282. The first-order valence-electron chi connectivity index (χ1n) is 8.93. The van der Waals surface area contributed by atoms with Gasteiger partial charge >= 0.3 is 0 Å². The Morgan fingerprint density at radius 3 is 2.62 bits per heavy atom. The van der Waals surface area contributed by atoms with Crippen molar-refractivity contribution >= 4 is 0 Å². The number of hydrogen-bond acceptors (Lipinski definition) is 1. The molecule has 0 heterocycles. The van der Waals surface area contributed by atoms with Crippen LogP contribution in [-0.4, -0.2) is 6.04 Å². The van der Waals surface area contributed by atoms with Crippen LogP contribution in [0.15, 0.2) is 24.3 Å². The smallest absolute Gasteiger partial charge is 0.0326 e. The molecule has 1 saturated carbocycles. The van der Waals surface area contributed by atoms with Gasteiger partial charge in [-0.2, -0.15) is 0 Å². The van der Waals surface area contributed by atoms with E-state index in [1.165, 1.54) is 44.9 Å². The number of nitrogens with one attached hydrogen (secondary N) is 1. The zero-order valence-electron chi connectivity index (χ0n) is 14.0. The van der Waals surface area contributed by atoms with E-state index < -0.39 is 0 Å². The Morgan fingerprint density at radius 2 is 1.76 bits per heavy atom. The highest BCUT2D eigenvalue weighted by atomic mass is 15.0. The van der Waals surface area contributed by atoms with Crippen molar-refractivity contribution < 1.29 is 0 Å². The van der Waals surface area contributed by atoms with Gasteiger partial charge in [-0.1, -0.05) is 64.3 Å². The SMILES string of the molecule is CC1CCCCCC1NC1CCC(C)(C)c2ccccc21. The fraction of sp³-hybridized carbons (Fsp3) is 0.700. The van der Waals surface area contributed by atoms with Crippen molar-refractivity contribution in [2.45, 2.75) is 83.2 Å². The number of rotatable bonds is 2. The highest BCUT2D eigenvalue weighted by Gasteiger charge is 2.33. The lowest BCUT2D eigenvalue weighted by atomic mass is 9.71. The van der Waals surface area contributed by atoms with Crippen molar-refractivity contribution in [2.24, 2.45) is 5.92 Å². The van der Waals surface area contributed by atoms with Crippen molar-refractivity contribution in [3.8, 4) is 0 Å². The Hall–Kier alpha value is -0.820. The molecule has 1 aromatic rings. The molecule has 0 radical (unpaired) electrons. The van der Waals surface area contributed by atoms with Gasteiger partial charge in [-0.15, -0.1) is 0 Å². The molecule has 0 bridgehead atoms. The minimum absolute atomic E-state index is 0.337. The first kappa shape index (κ1) is 15.1. The third-order valence-electron chi connectivity index (χ3n) is 5.90. The van der Waals surface area contributed by atoms with Crippen LogP contribution in [0.3, 0.4) is 0 Å². The van der Waals surface area contributed by atoms with Crippen molar-refractivity contribution in [2.75, 3.05) is 0 Å². The predicted octanol–water partition coefficient (Wildman–Crippen LogP) is 5.36. The minimum Gasteiger partial charge on any atom is -0.307 e. The average molecular weight is 285 g/mol. The molecular formula is C20H31N. The highest BCUT2D eigenvalue weighted by molar-refractivity contribution is 5.38. The molecule has 1 N–H and O–H groups in total. The van der Waals surface area contributed by atoms with Crippen LogP contribution in [0.5, 0.6) is 0 Å². The van der Waals surface area contributed by atoms with Gasteiger partial charge < -0.3 is 5.32 Å². The Morgan fingerprint density at radius 1 is 1.00 bits per heavy atom. The summed E-state index contributed by atoms with van der Waals surface area (Å²) < 4.78 is 0. The van der Waals surface area contributed by atoms with Crippen LogP contribution in [0, 0.1) is 5.92 Å². The van der Waals surface area contributed by atoms with Crippen LogP contribution >= 0.6 is 0 Å². The molecule has 1 aromatic carbocycles. The van der Waals surface area contributed by atoms with Gasteiger partial charge in [0.15, 0.2) is 0 Å². The lowest BCUT2D eigenvalue weighted by Crippen LogP contribution is -2.40. The van der Waals surface area contributed by atoms with Crippen LogP contribution in [0.4, 0.5) is 0 Å². The second-order valence-electron chi connectivity index (χ2n) is 7.95. The van der Waals surface area contributed by atoms with Crippen molar-refractivity contribution in [3.05, 3.63) is 35.4 Å².